The van der Waals surface area contributed by atoms with Gasteiger partial charge in [0.15, 0.2) is 0 Å². The number of aliphatic hydroxyl groups excluding tert-OH is 1. The van der Waals surface area contributed by atoms with Crippen molar-refractivity contribution in [3.63, 3.8) is 0 Å². The van der Waals surface area contributed by atoms with Gasteiger partial charge in [-0.1, -0.05) is 0 Å². The molecule has 0 aromatic carbocycles. The van der Waals surface area contributed by atoms with E-state index in [0.717, 1.165) is 0 Å². The number of ether oxygens (including phenoxy) is 1. The summed E-state index contributed by atoms with van der Waals surface area (Å²) in [5, 5.41) is 9.44. The molecule has 1 fully saturated rings. The lowest BCUT2D eigenvalue weighted by Gasteiger charge is -2.33. The Morgan fingerprint density at radius 1 is 1.45 bits per heavy atom. The van der Waals surface area contributed by atoms with Gasteiger partial charge in [0.1, 0.15) is 5.60 Å². The quantitative estimate of drug-likeness (QED) is 0.790. The summed E-state index contributed by atoms with van der Waals surface area (Å²) >= 11 is 0. The van der Waals surface area contributed by atoms with Crippen LogP contribution in [-0.4, -0.2) is 29.3 Å². The van der Waals surface area contributed by atoms with Crippen LogP contribution in [0.4, 0.5) is 13.6 Å². The number of carbonyl (C=O) groups is 1. The van der Waals surface area contributed by atoms with E-state index in [1.54, 1.807) is 13.8 Å². The summed E-state index contributed by atoms with van der Waals surface area (Å²) in [7, 11) is 0. The van der Waals surface area contributed by atoms with Gasteiger partial charge < -0.3 is 15.6 Å². The van der Waals surface area contributed by atoms with Crippen molar-refractivity contribution in [1.82, 2.24) is 0 Å². The fraction of sp³-hybridized carbons (Fsp3) is 0.929. The first-order valence-electron chi connectivity index (χ1n) is 7.11. The molecular formula is C14H25F2NO3. The normalized spacial score (nSPS) is 21.4. The van der Waals surface area contributed by atoms with E-state index in [1.807, 2.05) is 0 Å². The second kappa shape index (κ2) is 6.70. The highest BCUT2D eigenvalue weighted by molar-refractivity contribution is 5.65. The van der Waals surface area contributed by atoms with Crippen LogP contribution in [0, 0.1) is 11.8 Å². The summed E-state index contributed by atoms with van der Waals surface area (Å²) in [5.41, 5.74) is 4.25. The zero-order valence-electron chi connectivity index (χ0n) is 12.2. The molecule has 0 aromatic heterocycles. The van der Waals surface area contributed by atoms with Crippen molar-refractivity contribution in [2.75, 3.05) is 6.61 Å². The van der Waals surface area contributed by atoms with Crippen LogP contribution in [0.2, 0.25) is 0 Å². The van der Waals surface area contributed by atoms with E-state index >= 15 is 0 Å². The highest BCUT2D eigenvalue weighted by Crippen LogP contribution is 2.39. The van der Waals surface area contributed by atoms with Crippen LogP contribution < -0.4 is 5.73 Å². The number of primary amides is 1. The predicted molar refractivity (Wildman–Crippen MR) is 71.5 cm³/mol. The molecule has 118 valence electrons. The lowest BCUT2D eigenvalue weighted by atomic mass is 9.79. The van der Waals surface area contributed by atoms with Gasteiger partial charge >= 0.3 is 6.09 Å². The SMILES string of the molecule is CC(C)(C[C@@H](CO)CC1CCC(F)(F)CC1)OC(N)=O. The van der Waals surface area contributed by atoms with Gasteiger partial charge in [0.05, 0.1) is 0 Å². The fourth-order valence-corrected chi connectivity index (χ4v) is 3.04. The number of hydrogen-bond acceptors (Lipinski definition) is 3. The molecule has 0 aromatic rings. The van der Waals surface area contributed by atoms with Crippen molar-refractivity contribution in [1.29, 1.82) is 0 Å². The number of halogens is 2. The number of amides is 1. The summed E-state index contributed by atoms with van der Waals surface area (Å²) in [4.78, 5) is 10.8. The summed E-state index contributed by atoms with van der Waals surface area (Å²) in [6.07, 6.45) is 1.14. The van der Waals surface area contributed by atoms with E-state index in [1.165, 1.54) is 0 Å². The molecule has 20 heavy (non-hydrogen) atoms. The number of rotatable bonds is 6. The van der Waals surface area contributed by atoms with E-state index in [0.29, 0.717) is 25.7 Å². The average Bonchev–Trinajstić information content (AvgIpc) is 2.28. The zero-order chi connectivity index (χ0) is 15.4. The molecular weight excluding hydrogens is 268 g/mol. The molecule has 1 aliphatic rings. The Bertz CT molecular complexity index is 324. The molecule has 1 saturated carbocycles. The van der Waals surface area contributed by atoms with E-state index in [2.05, 4.69) is 0 Å². The summed E-state index contributed by atoms with van der Waals surface area (Å²) in [6.45, 7) is 3.42. The van der Waals surface area contributed by atoms with Crippen molar-refractivity contribution >= 4 is 6.09 Å². The molecule has 4 nitrogen and oxygen atoms in total. The number of aliphatic hydroxyl groups is 1. The van der Waals surface area contributed by atoms with Crippen LogP contribution in [0.15, 0.2) is 0 Å². The molecule has 3 N–H and O–H groups in total. The summed E-state index contributed by atoms with van der Waals surface area (Å²) < 4.78 is 31.2. The highest BCUT2D eigenvalue weighted by Gasteiger charge is 2.36. The molecule has 0 saturated heterocycles. The maximum absolute atomic E-state index is 13.1. The summed E-state index contributed by atoms with van der Waals surface area (Å²) in [6, 6.07) is 0. The second-order valence-corrected chi connectivity index (χ2v) is 6.47. The van der Waals surface area contributed by atoms with Crippen LogP contribution in [0.5, 0.6) is 0 Å². The van der Waals surface area contributed by atoms with Crippen molar-refractivity contribution < 1.29 is 23.4 Å². The van der Waals surface area contributed by atoms with Gasteiger partial charge in [-0.25, -0.2) is 13.6 Å². The molecule has 0 aliphatic heterocycles. The third kappa shape index (κ3) is 6.03. The molecule has 0 unspecified atom stereocenters. The molecule has 0 heterocycles. The molecule has 6 heteroatoms. The topological polar surface area (TPSA) is 72.6 Å². The minimum Gasteiger partial charge on any atom is -0.444 e. The minimum absolute atomic E-state index is 0.0432. The van der Waals surface area contributed by atoms with Crippen molar-refractivity contribution in [2.24, 2.45) is 17.6 Å². The first-order chi connectivity index (χ1) is 9.13. The van der Waals surface area contributed by atoms with Gasteiger partial charge in [-0.05, 0) is 51.4 Å². The zero-order valence-corrected chi connectivity index (χ0v) is 12.2. The van der Waals surface area contributed by atoms with E-state index < -0.39 is 17.6 Å². The lowest BCUT2D eigenvalue weighted by molar-refractivity contribution is -0.0510. The average molecular weight is 293 g/mol. The minimum atomic E-state index is -2.53. The predicted octanol–water partition coefficient (Wildman–Crippen LogP) is 3.07. The standard InChI is InChI=1S/C14H25F2NO3/c1-13(2,20-12(17)19)8-11(9-18)7-10-3-5-14(15,16)6-4-10/h10-11,18H,3-9H2,1-2H3,(H2,17,19)/t11-/m0/s1. The van der Waals surface area contributed by atoms with Gasteiger partial charge in [-0.2, -0.15) is 0 Å². The second-order valence-electron chi connectivity index (χ2n) is 6.47. The molecule has 0 radical (unpaired) electrons. The number of carbonyl (C=O) groups excluding carboxylic acids is 1. The largest absolute Gasteiger partial charge is 0.444 e. The number of nitrogens with two attached hydrogens (primary N) is 1. The Labute approximate surface area is 118 Å². The van der Waals surface area contributed by atoms with Gasteiger partial charge in [0.2, 0.25) is 5.92 Å². The van der Waals surface area contributed by atoms with Crippen LogP contribution >= 0.6 is 0 Å². The van der Waals surface area contributed by atoms with Gasteiger partial charge in [-0.15, -0.1) is 0 Å². The van der Waals surface area contributed by atoms with E-state index in [9.17, 15) is 18.7 Å². The molecule has 0 bridgehead atoms. The Balaban J connectivity index is 2.45. The third-order valence-corrected chi connectivity index (χ3v) is 3.92. The number of alkyl halides is 2. The summed E-state index contributed by atoms with van der Waals surface area (Å²) in [5.74, 6) is -2.39. The van der Waals surface area contributed by atoms with Crippen molar-refractivity contribution in [3.05, 3.63) is 0 Å². The van der Waals surface area contributed by atoms with Crippen molar-refractivity contribution in [3.8, 4) is 0 Å². The first kappa shape index (κ1) is 17.1. The maximum atomic E-state index is 13.1. The fourth-order valence-electron chi connectivity index (χ4n) is 3.04. The smallest absolute Gasteiger partial charge is 0.405 e. The van der Waals surface area contributed by atoms with E-state index in [4.69, 9.17) is 10.5 Å². The molecule has 1 rings (SSSR count). The Morgan fingerprint density at radius 2 is 2.00 bits per heavy atom. The Kier molecular flexibility index (Phi) is 5.74. The maximum Gasteiger partial charge on any atom is 0.405 e. The molecule has 1 amide bonds. The number of hydrogen-bond donors (Lipinski definition) is 2. The third-order valence-electron chi connectivity index (χ3n) is 3.92. The van der Waals surface area contributed by atoms with Crippen LogP contribution in [0.25, 0.3) is 0 Å². The van der Waals surface area contributed by atoms with Gasteiger partial charge in [-0.3, -0.25) is 0 Å². The van der Waals surface area contributed by atoms with Crippen LogP contribution in [0.1, 0.15) is 52.4 Å². The van der Waals surface area contributed by atoms with Gasteiger partial charge in [0.25, 0.3) is 0 Å². The molecule has 1 aliphatic carbocycles. The van der Waals surface area contributed by atoms with Crippen LogP contribution in [0.3, 0.4) is 0 Å². The molecule has 1 atom stereocenters. The lowest BCUT2D eigenvalue weighted by Crippen LogP contribution is -2.35. The Morgan fingerprint density at radius 3 is 2.45 bits per heavy atom. The monoisotopic (exact) mass is 293 g/mol. The Hall–Kier alpha value is -0.910. The van der Waals surface area contributed by atoms with E-state index in [-0.39, 0.29) is 31.3 Å². The molecule has 0 spiro atoms. The first-order valence-corrected chi connectivity index (χ1v) is 7.11. The van der Waals surface area contributed by atoms with Crippen molar-refractivity contribution in [2.45, 2.75) is 63.9 Å². The van der Waals surface area contributed by atoms with Gasteiger partial charge in [0, 0.05) is 19.4 Å². The highest BCUT2D eigenvalue weighted by atomic mass is 19.3. The van der Waals surface area contributed by atoms with Crippen LogP contribution in [-0.2, 0) is 4.74 Å².